The number of benzene rings is 1. The van der Waals surface area contributed by atoms with Crippen LogP contribution in [0.4, 0.5) is 0 Å². The molecule has 0 aliphatic carbocycles. The molecule has 0 aromatic heterocycles. The Balaban J connectivity index is 2.86. The molecule has 1 unspecified atom stereocenters. The molecule has 0 aliphatic heterocycles. The number of aliphatic hydroxyl groups excluding tert-OH is 2. The van der Waals surface area contributed by atoms with E-state index in [9.17, 15) is 15.0 Å². The number of carbonyl (C=O) groups is 1. The second-order valence-electron chi connectivity index (χ2n) is 12.1. The molecule has 0 saturated heterocycles. The smallest absolute Gasteiger partial charge is 0.223 e. The standard InChI is InChI=1S/C30H55N3O6/c1-19(2)22(14-21-10-11-26(38-8)27(15-21)39-13-9-12-37-7)16-24(31)25(34)17-23(20(3)4)28(35)33-18-30(5,6)29(32)36/h10-11,15,19-20,22-25,29,34,36H,9,12-14,16-18,31-32H2,1-8H3,(H,33,35)/t22-,23+,24+,25-,29?/m1/s1. The fourth-order valence-electron chi connectivity index (χ4n) is 4.41. The molecular formula is C30H55N3O6. The van der Waals surface area contributed by atoms with Gasteiger partial charge in [-0.05, 0) is 54.7 Å². The van der Waals surface area contributed by atoms with Gasteiger partial charge in [-0.3, -0.25) is 4.79 Å². The van der Waals surface area contributed by atoms with Gasteiger partial charge in [0.2, 0.25) is 5.91 Å². The summed E-state index contributed by atoms with van der Waals surface area (Å²) in [5, 5.41) is 23.7. The van der Waals surface area contributed by atoms with E-state index in [-0.39, 0.29) is 30.7 Å². The van der Waals surface area contributed by atoms with Crippen LogP contribution >= 0.6 is 0 Å². The first-order chi connectivity index (χ1) is 18.2. The molecule has 7 N–H and O–H groups in total. The molecule has 39 heavy (non-hydrogen) atoms. The van der Waals surface area contributed by atoms with E-state index in [2.05, 4.69) is 19.2 Å². The third kappa shape index (κ3) is 12.0. The number of methoxy groups -OCH3 is 2. The number of hydrogen-bond acceptors (Lipinski definition) is 8. The highest BCUT2D eigenvalue weighted by molar-refractivity contribution is 5.79. The zero-order valence-electron chi connectivity index (χ0n) is 25.4. The molecule has 1 rings (SSSR count). The number of nitrogens with two attached hydrogens (primary N) is 2. The van der Waals surface area contributed by atoms with Gasteiger partial charge >= 0.3 is 0 Å². The van der Waals surface area contributed by atoms with Crippen molar-refractivity contribution in [3.63, 3.8) is 0 Å². The van der Waals surface area contributed by atoms with Crippen LogP contribution in [0.25, 0.3) is 0 Å². The van der Waals surface area contributed by atoms with Gasteiger partial charge < -0.3 is 41.2 Å². The van der Waals surface area contributed by atoms with E-state index in [0.717, 1.165) is 18.4 Å². The van der Waals surface area contributed by atoms with E-state index in [1.807, 2.05) is 32.0 Å². The summed E-state index contributed by atoms with van der Waals surface area (Å²) in [6.45, 7) is 13.2. The minimum atomic E-state index is -1.05. The summed E-state index contributed by atoms with van der Waals surface area (Å²) in [4.78, 5) is 13.0. The number of carbonyl (C=O) groups excluding carboxylic acids is 1. The lowest BCUT2D eigenvalue weighted by Crippen LogP contribution is -2.48. The van der Waals surface area contributed by atoms with Crippen LogP contribution in [0.2, 0.25) is 0 Å². The highest BCUT2D eigenvalue weighted by Gasteiger charge is 2.32. The summed E-state index contributed by atoms with van der Waals surface area (Å²) in [6, 6.07) is 5.50. The maximum absolute atomic E-state index is 13.0. The van der Waals surface area contributed by atoms with Crippen molar-refractivity contribution in [3.05, 3.63) is 23.8 Å². The summed E-state index contributed by atoms with van der Waals surface area (Å²) in [5.41, 5.74) is 12.6. The van der Waals surface area contributed by atoms with Crippen molar-refractivity contribution in [1.29, 1.82) is 0 Å². The van der Waals surface area contributed by atoms with Crippen molar-refractivity contribution in [2.24, 2.45) is 40.6 Å². The van der Waals surface area contributed by atoms with Crippen molar-refractivity contribution >= 4 is 5.91 Å². The average Bonchev–Trinajstić information content (AvgIpc) is 2.87. The number of hydrogen-bond donors (Lipinski definition) is 5. The van der Waals surface area contributed by atoms with Crippen LogP contribution in [0.15, 0.2) is 18.2 Å². The second-order valence-corrected chi connectivity index (χ2v) is 12.1. The second kappa shape index (κ2) is 17.0. The molecule has 0 aliphatic rings. The molecule has 0 spiro atoms. The minimum absolute atomic E-state index is 0.0141. The largest absolute Gasteiger partial charge is 0.493 e. The van der Waals surface area contributed by atoms with Crippen molar-refractivity contribution in [2.75, 3.05) is 34.0 Å². The van der Waals surface area contributed by atoms with Crippen LogP contribution in [0.1, 0.15) is 66.4 Å². The minimum Gasteiger partial charge on any atom is -0.493 e. The van der Waals surface area contributed by atoms with Gasteiger partial charge in [-0.2, -0.15) is 0 Å². The topological polar surface area (TPSA) is 149 Å². The van der Waals surface area contributed by atoms with E-state index in [0.29, 0.717) is 37.1 Å². The molecule has 0 radical (unpaired) electrons. The Hall–Kier alpha value is -1.91. The van der Waals surface area contributed by atoms with Crippen LogP contribution in [0.3, 0.4) is 0 Å². The van der Waals surface area contributed by atoms with E-state index >= 15 is 0 Å². The monoisotopic (exact) mass is 553 g/mol. The fraction of sp³-hybridized carbons (Fsp3) is 0.767. The van der Waals surface area contributed by atoms with Gasteiger partial charge in [-0.25, -0.2) is 0 Å². The number of nitrogens with one attached hydrogen (secondary N) is 1. The van der Waals surface area contributed by atoms with Crippen molar-refractivity contribution < 1.29 is 29.2 Å². The lowest BCUT2D eigenvalue weighted by Gasteiger charge is -2.31. The molecule has 0 fully saturated rings. The average molecular weight is 554 g/mol. The molecule has 0 saturated carbocycles. The summed E-state index contributed by atoms with van der Waals surface area (Å²) in [7, 11) is 3.30. The van der Waals surface area contributed by atoms with Crippen LogP contribution in [0.5, 0.6) is 11.5 Å². The van der Waals surface area contributed by atoms with Crippen LogP contribution < -0.4 is 26.3 Å². The highest BCUT2D eigenvalue weighted by Crippen LogP contribution is 2.32. The quantitative estimate of drug-likeness (QED) is 0.130. The van der Waals surface area contributed by atoms with Gasteiger partial charge in [0.05, 0.1) is 19.8 Å². The molecule has 9 nitrogen and oxygen atoms in total. The summed E-state index contributed by atoms with van der Waals surface area (Å²) in [5.74, 6) is 1.39. The Morgan fingerprint density at radius 1 is 1.00 bits per heavy atom. The van der Waals surface area contributed by atoms with Crippen LogP contribution in [-0.2, 0) is 16.0 Å². The molecule has 1 aromatic rings. The van der Waals surface area contributed by atoms with E-state index < -0.39 is 29.7 Å². The van der Waals surface area contributed by atoms with Crippen molar-refractivity contribution in [3.8, 4) is 11.5 Å². The lowest BCUT2D eigenvalue weighted by molar-refractivity contribution is -0.128. The molecule has 5 atom stereocenters. The van der Waals surface area contributed by atoms with E-state index in [4.69, 9.17) is 25.7 Å². The molecule has 0 bridgehead atoms. The predicted molar refractivity (Wildman–Crippen MR) is 156 cm³/mol. The maximum Gasteiger partial charge on any atom is 0.223 e. The van der Waals surface area contributed by atoms with Gasteiger partial charge in [0.1, 0.15) is 6.23 Å². The number of ether oxygens (including phenoxy) is 3. The van der Waals surface area contributed by atoms with Crippen molar-refractivity contribution in [1.82, 2.24) is 5.32 Å². The zero-order valence-corrected chi connectivity index (χ0v) is 25.4. The molecule has 1 aromatic carbocycles. The van der Waals surface area contributed by atoms with E-state index in [1.54, 1.807) is 28.1 Å². The Kier molecular flexibility index (Phi) is 15.3. The third-order valence-corrected chi connectivity index (χ3v) is 7.64. The fourth-order valence-corrected chi connectivity index (χ4v) is 4.41. The lowest BCUT2D eigenvalue weighted by atomic mass is 9.80. The molecule has 9 heteroatoms. The van der Waals surface area contributed by atoms with Gasteiger partial charge in [0, 0.05) is 44.1 Å². The Morgan fingerprint density at radius 3 is 2.21 bits per heavy atom. The molecular weight excluding hydrogens is 498 g/mol. The van der Waals surface area contributed by atoms with Crippen molar-refractivity contribution in [2.45, 2.75) is 85.6 Å². The molecule has 0 heterocycles. The van der Waals surface area contributed by atoms with Crippen LogP contribution in [0, 0.1) is 29.1 Å². The number of amides is 1. The van der Waals surface area contributed by atoms with Gasteiger partial charge in [0.15, 0.2) is 11.5 Å². The summed E-state index contributed by atoms with van der Waals surface area (Å²) in [6.07, 6.45) is 0.574. The highest BCUT2D eigenvalue weighted by atomic mass is 16.5. The molecule has 226 valence electrons. The van der Waals surface area contributed by atoms with Crippen LogP contribution in [-0.4, -0.2) is 68.5 Å². The maximum atomic E-state index is 13.0. The Labute approximate surface area is 236 Å². The normalized spacial score (nSPS) is 16.1. The van der Waals surface area contributed by atoms with Gasteiger partial charge in [-0.15, -0.1) is 0 Å². The summed E-state index contributed by atoms with van der Waals surface area (Å²) < 4.78 is 16.5. The van der Waals surface area contributed by atoms with E-state index in [1.165, 1.54) is 0 Å². The summed E-state index contributed by atoms with van der Waals surface area (Å²) >= 11 is 0. The zero-order chi connectivity index (χ0) is 29.8. The van der Waals surface area contributed by atoms with Gasteiger partial charge in [0.25, 0.3) is 0 Å². The first-order valence-corrected chi connectivity index (χ1v) is 14.2. The molecule has 1 amide bonds. The first-order valence-electron chi connectivity index (χ1n) is 14.2. The number of rotatable bonds is 19. The first kappa shape index (κ1) is 35.1. The Bertz CT molecular complexity index is 846. The SMILES string of the molecule is COCCCOc1cc(C[C@H](C[C@H](N)[C@H](O)C[C@H](C(=O)NCC(C)(C)C(N)O)C(C)C)C(C)C)ccc1OC. The third-order valence-electron chi connectivity index (χ3n) is 7.64. The predicted octanol–water partition coefficient (Wildman–Crippen LogP) is 3.09. The van der Waals surface area contributed by atoms with Gasteiger partial charge in [-0.1, -0.05) is 47.6 Å². The number of aliphatic hydroxyl groups is 2. The Morgan fingerprint density at radius 2 is 1.67 bits per heavy atom.